The summed E-state index contributed by atoms with van der Waals surface area (Å²) < 4.78 is 13.3. The largest absolute Gasteiger partial charge is 0.322 e. The van der Waals surface area contributed by atoms with Gasteiger partial charge in [-0.2, -0.15) is 4.39 Å². The molecule has 58 heavy (non-hydrogen) atoms. The molecule has 4 aromatic carbocycles. The zero-order valence-corrected chi connectivity index (χ0v) is 33.6. The lowest BCUT2D eigenvalue weighted by Gasteiger charge is -2.07. The maximum absolute atomic E-state index is 13.3. The van der Waals surface area contributed by atoms with Crippen molar-refractivity contribution in [2.75, 3.05) is 16.0 Å². The number of benzene rings is 4. The number of aromatic nitrogens is 2. The number of carbonyl (C=O) groups excluding carboxylic acids is 6. The topological polar surface area (TPSA) is 164 Å². The van der Waals surface area contributed by atoms with E-state index in [1.165, 1.54) is 60.9 Å². The molecule has 6 rings (SSSR count). The average molecular weight is 902 g/mol. The lowest BCUT2D eigenvalue weighted by molar-refractivity contribution is 0.101. The number of amides is 3. The first-order valence-corrected chi connectivity index (χ1v) is 18.4. The van der Waals surface area contributed by atoms with E-state index in [-0.39, 0.29) is 26.9 Å². The molecule has 18 heteroatoms. The molecule has 0 radical (unpaired) electrons. The maximum atomic E-state index is 13.3. The van der Waals surface area contributed by atoms with Crippen molar-refractivity contribution in [1.82, 2.24) is 9.97 Å². The molecule has 0 aliphatic heterocycles. The molecule has 0 saturated heterocycles. The van der Waals surface area contributed by atoms with Crippen molar-refractivity contribution in [2.45, 2.75) is 0 Å². The van der Waals surface area contributed by atoms with Crippen molar-refractivity contribution in [3.63, 3.8) is 0 Å². The first kappa shape index (κ1) is 45.0. The Bertz CT molecular complexity index is 2410. The van der Waals surface area contributed by atoms with E-state index in [4.69, 9.17) is 69.6 Å². The van der Waals surface area contributed by atoms with Gasteiger partial charge in [-0.25, -0.2) is 9.97 Å². The third-order valence-corrected chi connectivity index (χ3v) is 8.73. The molecule has 3 amide bonds. The van der Waals surface area contributed by atoms with Gasteiger partial charge in [0, 0.05) is 51.2 Å². The number of halogens is 7. The van der Waals surface area contributed by atoms with Crippen LogP contribution in [0.25, 0.3) is 0 Å². The van der Waals surface area contributed by atoms with Crippen LogP contribution in [0.15, 0.2) is 128 Å². The molecule has 0 bridgehead atoms. The molecule has 11 nitrogen and oxygen atoms in total. The molecule has 0 aliphatic rings. The number of hydrogen-bond donors (Lipinski definition) is 3. The van der Waals surface area contributed by atoms with Gasteiger partial charge in [0.1, 0.15) is 5.15 Å². The number of nitrogens with one attached hydrogen (secondary N) is 3. The summed E-state index contributed by atoms with van der Waals surface area (Å²) in [6.45, 7) is 0. The second kappa shape index (κ2) is 21.7. The number of pyridine rings is 2. The Balaban J connectivity index is 0.000000193. The Hall–Kier alpha value is -5.73. The van der Waals surface area contributed by atoms with Gasteiger partial charge in [0.25, 0.3) is 33.4 Å². The Morgan fingerprint density at radius 2 is 0.879 bits per heavy atom. The van der Waals surface area contributed by atoms with Crippen LogP contribution < -0.4 is 16.0 Å². The Morgan fingerprint density at radius 1 is 0.466 bits per heavy atom. The van der Waals surface area contributed by atoms with E-state index >= 15 is 0 Å². The minimum Gasteiger partial charge on any atom is -0.322 e. The molecule has 0 fully saturated rings. The van der Waals surface area contributed by atoms with Crippen LogP contribution in [0, 0.1) is 5.95 Å². The number of hydrogen-bond acceptors (Lipinski definition) is 8. The Morgan fingerprint density at radius 3 is 1.29 bits per heavy atom. The van der Waals surface area contributed by atoms with Crippen LogP contribution in [0.2, 0.25) is 15.2 Å². The highest BCUT2D eigenvalue weighted by molar-refractivity contribution is 6.68. The molecular formula is C40H24Cl6FN5O6. The Kier molecular flexibility index (Phi) is 16.8. The van der Waals surface area contributed by atoms with Gasteiger partial charge in [-0.3, -0.25) is 28.8 Å². The summed E-state index contributed by atoms with van der Waals surface area (Å²) in [5.74, 6) is -2.31. The molecule has 0 aliphatic carbocycles. The van der Waals surface area contributed by atoms with Crippen molar-refractivity contribution >= 4 is 120 Å². The van der Waals surface area contributed by atoms with Gasteiger partial charge in [0.2, 0.25) is 5.95 Å². The number of anilines is 3. The molecule has 294 valence electrons. The summed E-state index contributed by atoms with van der Waals surface area (Å²) in [5, 5.41) is 6.72. The third kappa shape index (κ3) is 13.4. The Labute approximate surface area is 359 Å². The van der Waals surface area contributed by atoms with Gasteiger partial charge in [-0.05, 0) is 132 Å². The van der Waals surface area contributed by atoms with Crippen LogP contribution in [0.5, 0.6) is 0 Å². The predicted octanol–water partition coefficient (Wildman–Crippen LogP) is 10.8. The van der Waals surface area contributed by atoms with E-state index in [1.807, 2.05) is 0 Å². The van der Waals surface area contributed by atoms with Crippen LogP contribution in [-0.4, -0.2) is 43.4 Å². The first-order valence-electron chi connectivity index (χ1n) is 16.1. The first-order chi connectivity index (χ1) is 27.6. The van der Waals surface area contributed by atoms with Gasteiger partial charge in [-0.15, -0.1) is 0 Å². The predicted molar refractivity (Wildman–Crippen MR) is 224 cm³/mol. The summed E-state index contributed by atoms with van der Waals surface area (Å²) in [6, 6.07) is 29.2. The molecule has 0 unspecified atom stereocenters. The van der Waals surface area contributed by atoms with Crippen molar-refractivity contribution in [2.24, 2.45) is 0 Å². The van der Waals surface area contributed by atoms with E-state index in [0.29, 0.717) is 38.8 Å². The number of nitrogens with zero attached hydrogens (tertiary/aromatic N) is 2. The number of rotatable bonds is 9. The van der Waals surface area contributed by atoms with E-state index in [9.17, 15) is 33.2 Å². The molecule has 0 spiro atoms. The molecular weight excluding hydrogens is 878 g/mol. The summed E-state index contributed by atoms with van der Waals surface area (Å²) >= 11 is 33.6. The van der Waals surface area contributed by atoms with E-state index in [1.54, 1.807) is 66.7 Å². The van der Waals surface area contributed by atoms with E-state index < -0.39 is 39.4 Å². The van der Waals surface area contributed by atoms with Crippen LogP contribution >= 0.6 is 69.6 Å². The zero-order valence-electron chi connectivity index (χ0n) is 29.1. The third-order valence-electron chi connectivity index (χ3n) is 7.23. The lowest BCUT2D eigenvalue weighted by atomic mass is 10.2. The molecule has 6 aromatic rings. The van der Waals surface area contributed by atoms with Gasteiger partial charge in [0.15, 0.2) is 0 Å². The van der Waals surface area contributed by atoms with E-state index in [2.05, 4.69) is 25.9 Å². The highest BCUT2D eigenvalue weighted by Crippen LogP contribution is 2.23. The molecule has 0 saturated carbocycles. The SMILES string of the molecule is O=C(Cl)c1cccc(NC(=O)c2ccc(Cl)cc2Cl)c1.O=C(Cl)c1cccc(NC(=O)c2cccnc2Cl)c1.O=C(Cl)c1cccc(NC(=O)c2cccnc2F)c1. The normalized spacial score (nSPS) is 10.1. The standard InChI is InChI=1S/C14H8Cl3NO2.C13H8Cl2N2O2.C13H8ClFN2O2/c15-9-4-5-11(12(16)7-9)14(20)18-10-3-1-2-8(6-10)13(17)19;14-11-10(5-2-6-16-11)13(19)17-9-4-1-3-8(7-9)12(15)18;14-11(18)8-3-1-4-9(7-8)17-13(19)10-5-2-6-16-12(10)15/h1-7H,(H,18,20);2*1-7H,(H,17,19). The van der Waals surface area contributed by atoms with Gasteiger partial charge in [-0.1, -0.05) is 53.0 Å². The second-order valence-corrected chi connectivity index (χ2v) is 13.5. The zero-order chi connectivity index (χ0) is 42.4. The average Bonchev–Trinajstić information content (AvgIpc) is 3.19. The fourth-order valence-corrected chi connectivity index (χ4v) is 5.59. The monoisotopic (exact) mass is 899 g/mol. The number of carbonyl (C=O) groups is 6. The summed E-state index contributed by atoms with van der Waals surface area (Å²) in [5.41, 5.74) is 2.47. The van der Waals surface area contributed by atoms with Gasteiger partial charge >= 0.3 is 0 Å². The lowest BCUT2D eigenvalue weighted by Crippen LogP contribution is -2.14. The minimum atomic E-state index is -0.857. The van der Waals surface area contributed by atoms with Crippen molar-refractivity contribution in [1.29, 1.82) is 0 Å². The van der Waals surface area contributed by atoms with Crippen molar-refractivity contribution < 1.29 is 33.2 Å². The van der Waals surface area contributed by atoms with Gasteiger partial charge < -0.3 is 16.0 Å². The smallest absolute Gasteiger partial charge is 0.260 e. The van der Waals surface area contributed by atoms with Crippen molar-refractivity contribution in [3.05, 3.63) is 182 Å². The molecule has 3 N–H and O–H groups in total. The summed E-state index contributed by atoms with van der Waals surface area (Å²) in [4.78, 5) is 76.1. The molecule has 2 heterocycles. The fraction of sp³-hybridized carbons (Fsp3) is 0. The molecule has 2 aromatic heterocycles. The molecule has 0 atom stereocenters. The van der Waals surface area contributed by atoms with Crippen LogP contribution in [0.4, 0.5) is 21.5 Å². The van der Waals surface area contributed by atoms with Gasteiger partial charge in [0.05, 0.1) is 21.7 Å². The van der Waals surface area contributed by atoms with Crippen molar-refractivity contribution in [3.8, 4) is 0 Å². The highest BCUT2D eigenvalue weighted by Gasteiger charge is 2.15. The highest BCUT2D eigenvalue weighted by atomic mass is 35.5. The van der Waals surface area contributed by atoms with Crippen LogP contribution in [0.1, 0.15) is 62.1 Å². The van der Waals surface area contributed by atoms with E-state index in [0.717, 1.165) is 0 Å². The summed E-state index contributed by atoms with van der Waals surface area (Å²) in [6.07, 6.45) is 2.74. The van der Waals surface area contributed by atoms with Crippen LogP contribution in [0.3, 0.4) is 0 Å². The maximum Gasteiger partial charge on any atom is 0.260 e. The van der Waals surface area contributed by atoms with Crippen LogP contribution in [-0.2, 0) is 0 Å². The summed E-state index contributed by atoms with van der Waals surface area (Å²) in [7, 11) is 0. The quantitative estimate of drug-likeness (QED) is 0.0953. The fourth-order valence-electron chi connectivity index (χ4n) is 4.54. The second-order valence-electron chi connectivity index (χ2n) is 11.2. The minimum absolute atomic E-state index is 0.115.